The summed E-state index contributed by atoms with van der Waals surface area (Å²) in [5, 5.41) is 0. The molecule has 1 aromatic rings. The van der Waals surface area contributed by atoms with Crippen molar-refractivity contribution in [2.24, 2.45) is 5.92 Å². The number of benzene rings is 1. The molecule has 0 radical (unpaired) electrons. The van der Waals surface area contributed by atoms with Gasteiger partial charge in [-0.2, -0.15) is 4.31 Å². The highest BCUT2D eigenvalue weighted by atomic mass is 32.2. The first-order valence-electron chi connectivity index (χ1n) is 11.8. The second kappa shape index (κ2) is 12.4. The van der Waals surface area contributed by atoms with Gasteiger partial charge in [0.25, 0.3) is 0 Å². The fourth-order valence-corrected chi connectivity index (χ4v) is 5.77. The second-order valence-corrected chi connectivity index (χ2v) is 11.5. The summed E-state index contributed by atoms with van der Waals surface area (Å²) in [6.07, 6.45) is 1.85. The first kappa shape index (κ1) is 27.1. The van der Waals surface area contributed by atoms with Crippen molar-refractivity contribution in [3.8, 4) is 0 Å². The number of nitrogens with zero attached hydrogens (tertiary/aromatic N) is 4. The SMILES string of the molecule is CCCS(=O)(=O)N(CC(=O)N(Cc1ccccc1)C1CCN(C(=O)N(C)C)CC1)CC(C)C. The summed E-state index contributed by atoms with van der Waals surface area (Å²) in [7, 11) is -0.0301. The van der Waals surface area contributed by atoms with Crippen LogP contribution in [-0.4, -0.2) is 91.4 Å². The zero-order valence-corrected chi connectivity index (χ0v) is 21.6. The lowest BCUT2D eigenvalue weighted by molar-refractivity contribution is -0.135. The van der Waals surface area contributed by atoms with E-state index in [0.717, 1.165) is 5.56 Å². The number of urea groups is 1. The minimum absolute atomic E-state index is 0.0249. The minimum atomic E-state index is -3.50. The molecule has 0 aliphatic carbocycles. The Balaban J connectivity index is 2.22. The van der Waals surface area contributed by atoms with Crippen LogP contribution in [0.1, 0.15) is 45.6 Å². The summed E-state index contributed by atoms with van der Waals surface area (Å²) in [6, 6.07) is 9.69. The molecule has 8 nitrogen and oxygen atoms in total. The highest BCUT2D eigenvalue weighted by molar-refractivity contribution is 7.89. The van der Waals surface area contributed by atoms with Crippen LogP contribution in [0.3, 0.4) is 0 Å². The fourth-order valence-electron chi connectivity index (χ4n) is 4.17. The summed E-state index contributed by atoms with van der Waals surface area (Å²) in [6.45, 7) is 7.49. The van der Waals surface area contributed by atoms with Crippen molar-refractivity contribution in [3.63, 3.8) is 0 Å². The Morgan fingerprint density at radius 3 is 2.21 bits per heavy atom. The highest BCUT2D eigenvalue weighted by Gasteiger charge is 2.33. The van der Waals surface area contributed by atoms with E-state index in [1.165, 1.54) is 4.31 Å². The molecule has 0 saturated carbocycles. The third kappa shape index (κ3) is 7.99. The summed E-state index contributed by atoms with van der Waals surface area (Å²) >= 11 is 0. The van der Waals surface area contributed by atoms with Crippen molar-refractivity contribution in [1.82, 2.24) is 19.0 Å². The Hall–Kier alpha value is -2.13. The van der Waals surface area contributed by atoms with E-state index < -0.39 is 10.0 Å². The van der Waals surface area contributed by atoms with Gasteiger partial charge in [-0.05, 0) is 30.7 Å². The number of hydrogen-bond donors (Lipinski definition) is 0. The molecule has 33 heavy (non-hydrogen) atoms. The molecular formula is C24H40N4O4S. The van der Waals surface area contributed by atoms with Crippen LogP contribution in [0.15, 0.2) is 30.3 Å². The molecular weight excluding hydrogens is 440 g/mol. The van der Waals surface area contributed by atoms with E-state index in [1.807, 2.05) is 56.0 Å². The number of hydrogen-bond acceptors (Lipinski definition) is 4. The van der Waals surface area contributed by atoms with Crippen LogP contribution in [-0.2, 0) is 21.4 Å². The minimum Gasteiger partial charge on any atom is -0.334 e. The summed E-state index contributed by atoms with van der Waals surface area (Å²) in [4.78, 5) is 31.1. The van der Waals surface area contributed by atoms with Crippen LogP contribution in [0.2, 0.25) is 0 Å². The Kier molecular flexibility index (Phi) is 10.2. The van der Waals surface area contributed by atoms with Gasteiger partial charge in [0.05, 0.1) is 12.3 Å². The van der Waals surface area contributed by atoms with Gasteiger partial charge in [-0.15, -0.1) is 0 Å². The highest BCUT2D eigenvalue weighted by Crippen LogP contribution is 2.21. The molecule has 0 N–H and O–H groups in total. The third-order valence-corrected chi connectivity index (χ3v) is 7.80. The van der Waals surface area contributed by atoms with Gasteiger partial charge >= 0.3 is 6.03 Å². The number of carbonyl (C=O) groups excluding carboxylic acids is 2. The lowest BCUT2D eigenvalue weighted by atomic mass is 10.0. The fraction of sp³-hybridized carbons (Fsp3) is 0.667. The molecule has 0 spiro atoms. The predicted octanol–water partition coefficient (Wildman–Crippen LogP) is 2.86. The summed E-state index contributed by atoms with van der Waals surface area (Å²) < 4.78 is 27.0. The summed E-state index contributed by atoms with van der Waals surface area (Å²) in [5.41, 5.74) is 1.00. The van der Waals surface area contributed by atoms with Gasteiger partial charge in [-0.3, -0.25) is 4.79 Å². The van der Waals surface area contributed by atoms with Crippen molar-refractivity contribution < 1.29 is 18.0 Å². The van der Waals surface area contributed by atoms with Crippen molar-refractivity contribution in [2.45, 2.75) is 52.6 Å². The molecule has 2 rings (SSSR count). The Morgan fingerprint density at radius 1 is 1.09 bits per heavy atom. The lowest BCUT2D eigenvalue weighted by Crippen LogP contribution is -2.52. The third-order valence-electron chi connectivity index (χ3n) is 5.81. The average molecular weight is 481 g/mol. The molecule has 9 heteroatoms. The monoisotopic (exact) mass is 480 g/mol. The van der Waals surface area contributed by atoms with E-state index in [-0.39, 0.29) is 36.2 Å². The van der Waals surface area contributed by atoms with Gasteiger partial charge in [0, 0.05) is 46.3 Å². The van der Waals surface area contributed by atoms with E-state index in [9.17, 15) is 18.0 Å². The number of rotatable bonds is 10. The van der Waals surface area contributed by atoms with Crippen LogP contribution < -0.4 is 0 Å². The molecule has 0 bridgehead atoms. The zero-order chi connectivity index (χ0) is 24.6. The summed E-state index contributed by atoms with van der Waals surface area (Å²) in [5.74, 6) is -0.0275. The Bertz CT molecular complexity index is 866. The van der Waals surface area contributed by atoms with Crippen molar-refractivity contribution in [2.75, 3.05) is 46.0 Å². The van der Waals surface area contributed by atoms with Gasteiger partial charge in [0.15, 0.2) is 0 Å². The van der Waals surface area contributed by atoms with Crippen molar-refractivity contribution in [1.29, 1.82) is 0 Å². The molecule has 1 aromatic carbocycles. The Morgan fingerprint density at radius 2 is 1.70 bits per heavy atom. The maximum atomic E-state index is 13.5. The van der Waals surface area contributed by atoms with Crippen LogP contribution in [0.4, 0.5) is 4.79 Å². The molecule has 3 amide bonds. The Labute approximate surface area is 199 Å². The molecule has 1 aliphatic heterocycles. The van der Waals surface area contributed by atoms with Crippen molar-refractivity contribution >= 4 is 22.0 Å². The van der Waals surface area contributed by atoms with E-state index in [0.29, 0.717) is 45.4 Å². The van der Waals surface area contributed by atoms with E-state index in [4.69, 9.17) is 0 Å². The second-order valence-electron chi connectivity index (χ2n) is 9.40. The van der Waals surface area contributed by atoms with Gasteiger partial charge < -0.3 is 14.7 Å². The molecule has 1 saturated heterocycles. The number of amides is 3. The maximum Gasteiger partial charge on any atom is 0.319 e. The molecule has 1 heterocycles. The molecule has 0 aromatic heterocycles. The van der Waals surface area contributed by atoms with Gasteiger partial charge in [-0.1, -0.05) is 51.1 Å². The molecule has 0 atom stereocenters. The van der Waals surface area contributed by atoms with Gasteiger partial charge in [-0.25, -0.2) is 13.2 Å². The quantitative estimate of drug-likeness (QED) is 0.516. The average Bonchev–Trinajstić information content (AvgIpc) is 2.77. The number of likely N-dealkylation sites (tertiary alicyclic amines) is 1. The van der Waals surface area contributed by atoms with E-state index in [1.54, 1.807) is 23.9 Å². The van der Waals surface area contributed by atoms with Gasteiger partial charge in [0.1, 0.15) is 0 Å². The number of carbonyl (C=O) groups is 2. The topological polar surface area (TPSA) is 81.2 Å². The van der Waals surface area contributed by atoms with Gasteiger partial charge in [0.2, 0.25) is 15.9 Å². The first-order chi connectivity index (χ1) is 15.5. The normalized spacial score (nSPS) is 15.2. The van der Waals surface area contributed by atoms with E-state index in [2.05, 4.69) is 0 Å². The first-order valence-corrected chi connectivity index (χ1v) is 13.4. The molecule has 1 fully saturated rings. The van der Waals surface area contributed by atoms with Crippen LogP contribution in [0.5, 0.6) is 0 Å². The van der Waals surface area contributed by atoms with Crippen LogP contribution >= 0.6 is 0 Å². The maximum absolute atomic E-state index is 13.5. The molecule has 186 valence electrons. The van der Waals surface area contributed by atoms with E-state index >= 15 is 0 Å². The molecule has 0 unspecified atom stereocenters. The number of piperidine rings is 1. The lowest BCUT2D eigenvalue weighted by Gasteiger charge is -2.40. The van der Waals surface area contributed by atoms with Crippen LogP contribution in [0.25, 0.3) is 0 Å². The smallest absolute Gasteiger partial charge is 0.319 e. The largest absolute Gasteiger partial charge is 0.334 e. The zero-order valence-electron chi connectivity index (χ0n) is 20.7. The predicted molar refractivity (Wildman–Crippen MR) is 131 cm³/mol. The number of sulfonamides is 1. The molecule has 1 aliphatic rings. The standard InChI is InChI=1S/C24H40N4O4S/c1-6-16-33(31,32)27(17-20(2)3)19-23(29)28(18-21-10-8-7-9-11-21)22-12-14-26(15-13-22)24(30)25(4)5/h7-11,20,22H,6,12-19H2,1-5H3. The van der Waals surface area contributed by atoms with Crippen molar-refractivity contribution in [3.05, 3.63) is 35.9 Å². The van der Waals surface area contributed by atoms with Crippen LogP contribution in [0, 0.1) is 5.92 Å².